The number of allylic oxidation sites excluding steroid dienone is 4. The Labute approximate surface area is 184 Å². The molecule has 4 aliphatic carbocycles. The summed E-state index contributed by atoms with van der Waals surface area (Å²) in [6.45, 7) is 9.34. The van der Waals surface area contributed by atoms with Gasteiger partial charge in [-0.15, -0.1) is 0 Å². The van der Waals surface area contributed by atoms with E-state index in [-0.39, 0.29) is 17.3 Å². The number of aldehydes is 1. The number of Topliss-reactive ketones (excluding diaryl/α,β-unsaturated/α-hetero) is 1. The standard InChI is InChI=1S/C28H42O2/c1-5-19(6-2)26(30)25-11-7-9-21-12-14-22-23-15-13-20(10-8-18-29)27(23,3)17-16-24(22)28(21,25)4/h7,9,12,18-20,22-25H,5-6,8,10-11,13-17H2,1-4H3/t20-,22-,23-,24-,25?,27+,28-/m0/s1. The molecule has 0 bridgehead atoms. The molecule has 166 valence electrons. The fourth-order valence-electron chi connectivity index (χ4n) is 8.58. The fourth-order valence-corrected chi connectivity index (χ4v) is 8.58. The molecular formula is C28H42O2. The molecule has 0 amide bonds. The largest absolute Gasteiger partial charge is 0.303 e. The average molecular weight is 411 g/mol. The Kier molecular flexibility index (Phi) is 6.17. The van der Waals surface area contributed by atoms with Crippen LogP contribution in [0.15, 0.2) is 23.8 Å². The predicted octanol–water partition coefficient (Wildman–Crippen LogP) is 6.94. The second-order valence-electron chi connectivity index (χ2n) is 11.2. The van der Waals surface area contributed by atoms with E-state index in [0.29, 0.717) is 29.0 Å². The summed E-state index contributed by atoms with van der Waals surface area (Å²) in [5, 5.41) is 0. The highest BCUT2D eigenvalue weighted by Crippen LogP contribution is 2.67. The number of ketones is 1. The topological polar surface area (TPSA) is 34.1 Å². The monoisotopic (exact) mass is 410 g/mol. The third kappa shape index (κ3) is 3.19. The highest BCUT2D eigenvalue weighted by molar-refractivity contribution is 5.85. The minimum absolute atomic E-state index is 0.0134. The summed E-state index contributed by atoms with van der Waals surface area (Å²) in [5.74, 6) is 3.71. The molecule has 0 radical (unpaired) electrons. The first kappa shape index (κ1) is 22.0. The van der Waals surface area contributed by atoms with Gasteiger partial charge in [0.2, 0.25) is 0 Å². The highest BCUT2D eigenvalue weighted by Gasteiger charge is 2.60. The predicted molar refractivity (Wildman–Crippen MR) is 123 cm³/mol. The molecule has 2 fully saturated rings. The molecule has 0 aromatic rings. The van der Waals surface area contributed by atoms with E-state index in [4.69, 9.17) is 0 Å². The first-order valence-corrected chi connectivity index (χ1v) is 12.8. The van der Waals surface area contributed by atoms with E-state index in [0.717, 1.165) is 44.3 Å². The van der Waals surface area contributed by atoms with Crippen LogP contribution in [0.4, 0.5) is 0 Å². The van der Waals surface area contributed by atoms with E-state index in [1.807, 2.05) is 0 Å². The van der Waals surface area contributed by atoms with Crippen molar-refractivity contribution in [3.05, 3.63) is 23.8 Å². The van der Waals surface area contributed by atoms with Crippen LogP contribution in [0.2, 0.25) is 0 Å². The third-order valence-corrected chi connectivity index (χ3v) is 10.4. The summed E-state index contributed by atoms with van der Waals surface area (Å²) in [5.41, 5.74) is 1.86. The quantitative estimate of drug-likeness (QED) is 0.426. The lowest BCUT2D eigenvalue weighted by Gasteiger charge is -2.59. The minimum atomic E-state index is 0.0134. The Morgan fingerprint density at radius 3 is 2.60 bits per heavy atom. The zero-order valence-corrected chi connectivity index (χ0v) is 19.7. The van der Waals surface area contributed by atoms with Crippen LogP contribution < -0.4 is 0 Å². The van der Waals surface area contributed by atoms with E-state index >= 15 is 0 Å². The average Bonchev–Trinajstić information content (AvgIpc) is 3.08. The molecule has 4 rings (SSSR count). The Bertz CT molecular complexity index is 729. The molecule has 2 heteroatoms. The smallest absolute Gasteiger partial charge is 0.140 e. The molecule has 0 heterocycles. The molecule has 0 aromatic heterocycles. The Hall–Kier alpha value is -1.18. The zero-order chi connectivity index (χ0) is 21.5. The van der Waals surface area contributed by atoms with Crippen LogP contribution in [-0.4, -0.2) is 12.1 Å². The molecule has 7 atom stereocenters. The maximum Gasteiger partial charge on any atom is 0.140 e. The molecule has 0 aliphatic heterocycles. The number of fused-ring (bicyclic) bond motifs is 5. The zero-order valence-electron chi connectivity index (χ0n) is 19.7. The van der Waals surface area contributed by atoms with E-state index in [2.05, 4.69) is 45.9 Å². The maximum atomic E-state index is 13.7. The first-order valence-electron chi connectivity index (χ1n) is 12.8. The van der Waals surface area contributed by atoms with E-state index in [9.17, 15) is 9.59 Å². The molecule has 0 aromatic carbocycles. The van der Waals surface area contributed by atoms with Gasteiger partial charge >= 0.3 is 0 Å². The Morgan fingerprint density at radius 1 is 1.13 bits per heavy atom. The summed E-state index contributed by atoms with van der Waals surface area (Å²) in [6, 6.07) is 0. The fraction of sp³-hybridized carbons (Fsp3) is 0.786. The van der Waals surface area contributed by atoms with Crippen LogP contribution in [0.1, 0.15) is 91.9 Å². The third-order valence-electron chi connectivity index (χ3n) is 10.4. The molecular weight excluding hydrogens is 368 g/mol. The van der Waals surface area contributed by atoms with Gasteiger partial charge in [-0.05, 0) is 92.4 Å². The van der Waals surface area contributed by atoms with Crippen molar-refractivity contribution in [1.29, 1.82) is 0 Å². The second kappa shape index (κ2) is 8.40. The number of rotatable bonds is 7. The van der Waals surface area contributed by atoms with Crippen molar-refractivity contribution in [2.45, 2.75) is 91.9 Å². The van der Waals surface area contributed by atoms with Crippen molar-refractivity contribution in [3.63, 3.8) is 0 Å². The molecule has 2 saturated carbocycles. The van der Waals surface area contributed by atoms with Crippen molar-refractivity contribution < 1.29 is 9.59 Å². The van der Waals surface area contributed by atoms with Gasteiger partial charge in [-0.3, -0.25) is 4.79 Å². The van der Waals surface area contributed by atoms with Gasteiger partial charge in [-0.1, -0.05) is 45.9 Å². The van der Waals surface area contributed by atoms with Gasteiger partial charge in [0.05, 0.1) is 0 Å². The molecule has 0 spiro atoms. The first-order chi connectivity index (χ1) is 14.4. The van der Waals surface area contributed by atoms with Crippen molar-refractivity contribution in [2.24, 2.45) is 46.3 Å². The molecule has 2 nitrogen and oxygen atoms in total. The number of carbonyl (C=O) groups is 2. The van der Waals surface area contributed by atoms with E-state index in [1.54, 1.807) is 0 Å². The van der Waals surface area contributed by atoms with Crippen molar-refractivity contribution in [3.8, 4) is 0 Å². The van der Waals surface area contributed by atoms with E-state index in [1.165, 1.54) is 37.7 Å². The lowest BCUT2D eigenvalue weighted by atomic mass is 9.45. The van der Waals surface area contributed by atoms with Gasteiger partial charge in [0.15, 0.2) is 0 Å². The normalized spacial score (nSPS) is 42.3. The van der Waals surface area contributed by atoms with Crippen LogP contribution in [0.25, 0.3) is 0 Å². The van der Waals surface area contributed by atoms with Gasteiger partial charge in [-0.2, -0.15) is 0 Å². The van der Waals surface area contributed by atoms with Crippen LogP contribution in [-0.2, 0) is 9.59 Å². The lowest BCUT2D eigenvalue weighted by Crippen LogP contribution is -2.53. The molecule has 0 N–H and O–H groups in total. The molecule has 0 saturated heterocycles. The maximum absolute atomic E-state index is 13.7. The summed E-state index contributed by atoms with van der Waals surface area (Å²) in [6.07, 6.45) is 19.2. The van der Waals surface area contributed by atoms with Crippen LogP contribution in [0.5, 0.6) is 0 Å². The summed E-state index contributed by atoms with van der Waals surface area (Å²) < 4.78 is 0. The SMILES string of the molecule is CCC(CC)C(=O)C1CC=CC2=CC[C@H]3[C@@H]4CC[C@H](CCC=O)[C@@]4(C)CC[C@@H]3[C@]21C. The second-order valence-corrected chi connectivity index (χ2v) is 11.2. The Balaban J connectivity index is 1.65. The number of carbonyl (C=O) groups excluding carboxylic acids is 2. The van der Waals surface area contributed by atoms with Gasteiger partial charge < -0.3 is 4.79 Å². The summed E-state index contributed by atoms with van der Waals surface area (Å²) in [4.78, 5) is 24.7. The Morgan fingerprint density at radius 2 is 1.90 bits per heavy atom. The molecule has 30 heavy (non-hydrogen) atoms. The number of hydrogen-bond acceptors (Lipinski definition) is 2. The van der Waals surface area contributed by atoms with Crippen molar-refractivity contribution in [2.75, 3.05) is 0 Å². The van der Waals surface area contributed by atoms with Crippen LogP contribution in [0.3, 0.4) is 0 Å². The number of hydrogen-bond donors (Lipinski definition) is 0. The van der Waals surface area contributed by atoms with Crippen molar-refractivity contribution >= 4 is 12.1 Å². The van der Waals surface area contributed by atoms with Gasteiger partial charge in [0, 0.05) is 23.7 Å². The summed E-state index contributed by atoms with van der Waals surface area (Å²) >= 11 is 0. The van der Waals surface area contributed by atoms with Gasteiger partial charge in [0.25, 0.3) is 0 Å². The highest BCUT2D eigenvalue weighted by atomic mass is 16.1. The van der Waals surface area contributed by atoms with Crippen LogP contribution in [0, 0.1) is 46.3 Å². The lowest BCUT2D eigenvalue weighted by molar-refractivity contribution is -0.135. The van der Waals surface area contributed by atoms with Gasteiger partial charge in [-0.25, -0.2) is 0 Å². The van der Waals surface area contributed by atoms with Crippen molar-refractivity contribution in [1.82, 2.24) is 0 Å². The summed E-state index contributed by atoms with van der Waals surface area (Å²) in [7, 11) is 0. The van der Waals surface area contributed by atoms with Gasteiger partial charge in [0.1, 0.15) is 12.1 Å². The van der Waals surface area contributed by atoms with E-state index < -0.39 is 0 Å². The molecule has 4 aliphatic rings. The van der Waals surface area contributed by atoms with Crippen LogP contribution >= 0.6 is 0 Å². The minimum Gasteiger partial charge on any atom is -0.303 e. The molecule has 1 unspecified atom stereocenters.